The minimum atomic E-state index is -0.445. The van der Waals surface area contributed by atoms with Crippen molar-refractivity contribution in [3.63, 3.8) is 0 Å². The van der Waals surface area contributed by atoms with E-state index in [9.17, 15) is 4.79 Å². The zero-order chi connectivity index (χ0) is 20.3. The molecule has 5 nitrogen and oxygen atoms in total. The molecule has 0 aliphatic heterocycles. The molecule has 29 heavy (non-hydrogen) atoms. The normalized spacial score (nSPS) is 9.79. The number of hydrogen-bond donors (Lipinski definition) is 2. The minimum Gasteiger partial charge on any atom is -0.457 e. The van der Waals surface area contributed by atoms with Gasteiger partial charge in [-0.15, -0.1) is 0 Å². The molecule has 0 unspecified atom stereocenters. The van der Waals surface area contributed by atoms with Crippen molar-refractivity contribution in [3.8, 4) is 23.3 Å². The standard InChI is InChI=1S/C24H22N2O3/c25-21-11-15-23(16-12-21)29-22-13-9-19(10-14-22)6-4-5-17-26-24(27)28-18-20-7-2-1-3-8-20/h1-3,7-16H,5,17-18,25H2,(H,26,27). The van der Waals surface area contributed by atoms with Crippen LogP contribution in [0.2, 0.25) is 0 Å². The molecular weight excluding hydrogens is 364 g/mol. The molecule has 0 radical (unpaired) electrons. The first-order chi connectivity index (χ1) is 14.2. The van der Waals surface area contributed by atoms with E-state index in [4.69, 9.17) is 15.2 Å². The van der Waals surface area contributed by atoms with Crippen molar-refractivity contribution in [1.82, 2.24) is 5.32 Å². The third kappa shape index (κ3) is 6.96. The van der Waals surface area contributed by atoms with Gasteiger partial charge >= 0.3 is 6.09 Å². The molecule has 3 N–H and O–H groups in total. The van der Waals surface area contributed by atoms with Crippen LogP contribution in [-0.2, 0) is 11.3 Å². The summed E-state index contributed by atoms with van der Waals surface area (Å²) >= 11 is 0. The number of benzene rings is 3. The summed E-state index contributed by atoms with van der Waals surface area (Å²) in [5.41, 5.74) is 8.19. The Balaban J connectivity index is 1.37. The fourth-order valence-corrected chi connectivity index (χ4v) is 2.44. The quantitative estimate of drug-likeness (QED) is 0.365. The van der Waals surface area contributed by atoms with Gasteiger partial charge in [-0.05, 0) is 54.1 Å². The molecule has 0 saturated carbocycles. The lowest BCUT2D eigenvalue weighted by Crippen LogP contribution is -2.24. The first kappa shape index (κ1) is 19.8. The van der Waals surface area contributed by atoms with Crippen LogP contribution in [0.15, 0.2) is 78.9 Å². The molecule has 3 rings (SSSR count). The van der Waals surface area contributed by atoms with Crippen LogP contribution in [0.3, 0.4) is 0 Å². The molecule has 0 fully saturated rings. The number of nitrogen functional groups attached to an aromatic ring is 1. The maximum Gasteiger partial charge on any atom is 0.407 e. The van der Waals surface area contributed by atoms with Gasteiger partial charge in [0.2, 0.25) is 0 Å². The van der Waals surface area contributed by atoms with Crippen molar-refractivity contribution in [1.29, 1.82) is 0 Å². The first-order valence-electron chi connectivity index (χ1n) is 9.26. The second kappa shape index (κ2) is 10.4. The Labute approximate surface area is 170 Å². The van der Waals surface area contributed by atoms with Gasteiger partial charge in [0.25, 0.3) is 0 Å². The highest BCUT2D eigenvalue weighted by atomic mass is 16.5. The van der Waals surface area contributed by atoms with Crippen LogP contribution in [0.25, 0.3) is 0 Å². The van der Waals surface area contributed by atoms with Gasteiger partial charge in [0, 0.05) is 24.2 Å². The Morgan fingerprint density at radius 2 is 1.55 bits per heavy atom. The van der Waals surface area contributed by atoms with E-state index < -0.39 is 6.09 Å². The smallest absolute Gasteiger partial charge is 0.407 e. The van der Waals surface area contributed by atoms with Gasteiger partial charge in [0.05, 0.1) is 0 Å². The highest BCUT2D eigenvalue weighted by Crippen LogP contribution is 2.22. The zero-order valence-corrected chi connectivity index (χ0v) is 15.9. The molecule has 0 bridgehead atoms. The number of carbonyl (C=O) groups excluding carboxylic acids is 1. The molecular formula is C24H22N2O3. The third-order valence-corrected chi connectivity index (χ3v) is 3.93. The monoisotopic (exact) mass is 386 g/mol. The van der Waals surface area contributed by atoms with E-state index in [1.54, 1.807) is 12.1 Å². The molecule has 146 valence electrons. The summed E-state index contributed by atoms with van der Waals surface area (Å²) in [5, 5.41) is 2.69. The molecule has 0 aromatic heterocycles. The molecule has 0 heterocycles. The SMILES string of the molecule is Nc1ccc(Oc2ccc(C#CCCNC(=O)OCc3ccccc3)cc2)cc1. The fourth-order valence-electron chi connectivity index (χ4n) is 2.44. The predicted molar refractivity (Wildman–Crippen MR) is 113 cm³/mol. The van der Waals surface area contributed by atoms with Crippen molar-refractivity contribution in [3.05, 3.63) is 90.0 Å². The van der Waals surface area contributed by atoms with E-state index in [-0.39, 0.29) is 6.61 Å². The van der Waals surface area contributed by atoms with Crippen LogP contribution in [0, 0.1) is 11.8 Å². The van der Waals surface area contributed by atoms with E-state index in [0.29, 0.717) is 18.7 Å². The van der Waals surface area contributed by atoms with Crippen LogP contribution in [0.5, 0.6) is 11.5 Å². The number of amides is 1. The van der Waals surface area contributed by atoms with Crippen LogP contribution in [0.1, 0.15) is 17.5 Å². The molecule has 1 amide bonds. The van der Waals surface area contributed by atoms with E-state index >= 15 is 0 Å². The predicted octanol–water partition coefficient (Wildman–Crippen LogP) is 4.73. The molecule has 0 saturated heterocycles. The van der Waals surface area contributed by atoms with Crippen LogP contribution in [0.4, 0.5) is 10.5 Å². The second-order valence-electron chi connectivity index (χ2n) is 6.24. The Hall–Kier alpha value is -3.91. The second-order valence-corrected chi connectivity index (χ2v) is 6.24. The average molecular weight is 386 g/mol. The topological polar surface area (TPSA) is 73.6 Å². The maximum absolute atomic E-state index is 11.7. The van der Waals surface area contributed by atoms with Crippen molar-refractivity contribution in [2.45, 2.75) is 13.0 Å². The van der Waals surface area contributed by atoms with Gasteiger partial charge in [-0.2, -0.15) is 0 Å². The van der Waals surface area contributed by atoms with E-state index in [0.717, 1.165) is 22.6 Å². The van der Waals surface area contributed by atoms with Crippen molar-refractivity contribution in [2.24, 2.45) is 0 Å². The summed E-state index contributed by atoms with van der Waals surface area (Å²) in [6.07, 6.45) is 0.0873. The highest BCUT2D eigenvalue weighted by Gasteiger charge is 2.01. The summed E-state index contributed by atoms with van der Waals surface area (Å²) in [6.45, 7) is 0.683. The molecule has 0 spiro atoms. The zero-order valence-electron chi connectivity index (χ0n) is 15.9. The number of nitrogens with two attached hydrogens (primary N) is 1. The summed E-state index contributed by atoms with van der Waals surface area (Å²) in [5.74, 6) is 7.54. The lowest BCUT2D eigenvalue weighted by atomic mass is 10.2. The molecule has 3 aromatic carbocycles. The van der Waals surface area contributed by atoms with Gasteiger partial charge in [0.1, 0.15) is 18.1 Å². The third-order valence-electron chi connectivity index (χ3n) is 3.93. The van der Waals surface area contributed by atoms with Gasteiger partial charge in [0.15, 0.2) is 0 Å². The minimum absolute atomic E-state index is 0.253. The number of ether oxygens (including phenoxy) is 2. The number of rotatable bonds is 6. The molecule has 3 aromatic rings. The largest absolute Gasteiger partial charge is 0.457 e. The first-order valence-corrected chi connectivity index (χ1v) is 9.26. The van der Waals surface area contributed by atoms with E-state index in [1.165, 1.54) is 0 Å². The van der Waals surface area contributed by atoms with Crippen molar-refractivity contribution in [2.75, 3.05) is 12.3 Å². The fraction of sp³-hybridized carbons (Fsp3) is 0.125. The van der Waals surface area contributed by atoms with Crippen LogP contribution in [-0.4, -0.2) is 12.6 Å². The Morgan fingerprint density at radius 1 is 0.897 bits per heavy atom. The summed E-state index contributed by atoms with van der Waals surface area (Å²) in [4.78, 5) is 11.7. The summed E-state index contributed by atoms with van der Waals surface area (Å²) < 4.78 is 10.9. The van der Waals surface area contributed by atoms with E-state index in [2.05, 4.69) is 17.2 Å². The highest BCUT2D eigenvalue weighted by molar-refractivity contribution is 5.67. The molecule has 0 aliphatic rings. The van der Waals surface area contributed by atoms with Crippen molar-refractivity contribution < 1.29 is 14.3 Å². The lowest BCUT2D eigenvalue weighted by molar-refractivity contribution is 0.140. The lowest BCUT2D eigenvalue weighted by Gasteiger charge is -2.06. The Kier molecular flexibility index (Phi) is 7.14. The van der Waals surface area contributed by atoms with Gasteiger partial charge in [-0.25, -0.2) is 4.79 Å². The maximum atomic E-state index is 11.7. The van der Waals surface area contributed by atoms with E-state index in [1.807, 2.05) is 66.7 Å². The number of hydrogen-bond acceptors (Lipinski definition) is 4. The number of nitrogens with one attached hydrogen (secondary N) is 1. The Morgan fingerprint density at radius 3 is 2.24 bits per heavy atom. The molecule has 0 aliphatic carbocycles. The van der Waals surface area contributed by atoms with Gasteiger partial charge in [-0.1, -0.05) is 42.2 Å². The van der Waals surface area contributed by atoms with Crippen molar-refractivity contribution >= 4 is 11.8 Å². The number of carbonyl (C=O) groups is 1. The number of alkyl carbamates (subject to hydrolysis) is 1. The average Bonchev–Trinajstić information content (AvgIpc) is 2.75. The van der Waals surface area contributed by atoms with Crippen LogP contribution >= 0.6 is 0 Å². The summed E-state index contributed by atoms with van der Waals surface area (Å²) in [6, 6.07) is 24.3. The van der Waals surface area contributed by atoms with Gasteiger partial charge < -0.3 is 20.5 Å². The number of anilines is 1. The molecule has 5 heteroatoms. The molecule has 0 atom stereocenters. The summed E-state index contributed by atoms with van der Waals surface area (Å²) in [7, 11) is 0. The van der Waals surface area contributed by atoms with Gasteiger partial charge in [-0.3, -0.25) is 0 Å². The Bertz CT molecular complexity index is 973. The van der Waals surface area contributed by atoms with Crippen LogP contribution < -0.4 is 15.8 Å².